The number of hydrogen-bond donors (Lipinski definition) is 2. The summed E-state index contributed by atoms with van der Waals surface area (Å²) in [5.41, 5.74) is -0.148. The normalized spacial score (nSPS) is 17.5. The first-order valence-electron chi connectivity index (χ1n) is 13.4. The second kappa shape index (κ2) is 11.8. The summed E-state index contributed by atoms with van der Waals surface area (Å²) >= 11 is 0. The summed E-state index contributed by atoms with van der Waals surface area (Å²) in [5, 5.41) is 3.37. The lowest BCUT2D eigenvalue weighted by molar-refractivity contribution is 0.221. The fourth-order valence-electron chi connectivity index (χ4n) is 5.18. The highest BCUT2D eigenvalue weighted by Gasteiger charge is 2.26. The van der Waals surface area contributed by atoms with Crippen LogP contribution in [0.15, 0.2) is 42.6 Å². The standard InChI is InChI=1S/C29H30F4N6O2S/c1-16-12-23(36-24-14-34-29(37-27(16)24)35-19-8-10-20(11-9-19)39(2)3)21-13-22(31)28(26(33)25(21)32)38-42(40,41)15-17-4-6-18(30)7-5-17/h4-7,12-14,19-20,38H,8-11,15H2,1-3H3,(H,34,35,37). The largest absolute Gasteiger partial charge is 0.351 e. The molecule has 42 heavy (non-hydrogen) atoms. The fourth-order valence-corrected chi connectivity index (χ4v) is 6.38. The quantitative estimate of drug-likeness (QED) is 0.195. The van der Waals surface area contributed by atoms with E-state index in [-0.39, 0.29) is 17.3 Å². The van der Waals surface area contributed by atoms with Crippen LogP contribution in [-0.2, 0) is 15.8 Å². The van der Waals surface area contributed by atoms with Gasteiger partial charge in [0, 0.05) is 17.6 Å². The number of sulfonamides is 1. The number of nitrogens with one attached hydrogen (secondary N) is 2. The Morgan fingerprint density at radius 1 is 0.952 bits per heavy atom. The van der Waals surface area contributed by atoms with E-state index in [0.29, 0.717) is 34.7 Å². The first-order chi connectivity index (χ1) is 19.9. The monoisotopic (exact) mass is 602 g/mol. The molecule has 0 spiro atoms. The van der Waals surface area contributed by atoms with Gasteiger partial charge in [-0.3, -0.25) is 4.72 Å². The maximum atomic E-state index is 15.2. The van der Waals surface area contributed by atoms with Gasteiger partial charge in [-0.1, -0.05) is 12.1 Å². The third-order valence-electron chi connectivity index (χ3n) is 7.46. The third kappa shape index (κ3) is 6.46. The number of hydrogen-bond acceptors (Lipinski definition) is 7. The van der Waals surface area contributed by atoms with Gasteiger partial charge in [0.05, 0.1) is 23.2 Å². The van der Waals surface area contributed by atoms with Crippen molar-refractivity contribution < 1.29 is 26.0 Å². The van der Waals surface area contributed by atoms with Gasteiger partial charge in [-0.25, -0.2) is 40.9 Å². The Morgan fingerprint density at radius 2 is 1.64 bits per heavy atom. The van der Waals surface area contributed by atoms with E-state index in [1.807, 2.05) is 0 Å². The molecule has 2 aromatic heterocycles. The lowest BCUT2D eigenvalue weighted by atomic mass is 9.91. The molecule has 2 N–H and O–H groups in total. The Morgan fingerprint density at radius 3 is 2.31 bits per heavy atom. The number of nitrogens with zero attached hydrogens (tertiary/aromatic N) is 4. The van der Waals surface area contributed by atoms with Crippen LogP contribution in [0.25, 0.3) is 22.3 Å². The number of pyridine rings is 1. The fraction of sp³-hybridized carbons (Fsp3) is 0.345. The zero-order chi connectivity index (χ0) is 30.2. The van der Waals surface area contributed by atoms with Gasteiger partial charge in [0.1, 0.15) is 17.0 Å². The van der Waals surface area contributed by atoms with Crippen LogP contribution < -0.4 is 10.0 Å². The van der Waals surface area contributed by atoms with Gasteiger partial charge in [-0.2, -0.15) is 0 Å². The van der Waals surface area contributed by atoms with Crippen molar-refractivity contribution in [1.29, 1.82) is 0 Å². The number of rotatable bonds is 8. The second-order valence-electron chi connectivity index (χ2n) is 10.8. The minimum Gasteiger partial charge on any atom is -0.351 e. The molecule has 0 atom stereocenters. The van der Waals surface area contributed by atoms with Gasteiger partial charge in [0.25, 0.3) is 0 Å². The van der Waals surface area contributed by atoms with Crippen molar-refractivity contribution >= 4 is 32.7 Å². The molecule has 0 aliphatic heterocycles. The van der Waals surface area contributed by atoms with Crippen molar-refractivity contribution in [1.82, 2.24) is 19.9 Å². The van der Waals surface area contributed by atoms with Gasteiger partial charge in [-0.05, 0) is 82.1 Å². The van der Waals surface area contributed by atoms with Crippen LogP contribution in [0.2, 0.25) is 0 Å². The highest BCUT2D eigenvalue weighted by atomic mass is 32.2. The van der Waals surface area contributed by atoms with Crippen molar-refractivity contribution in [2.24, 2.45) is 0 Å². The van der Waals surface area contributed by atoms with Crippen LogP contribution in [0.1, 0.15) is 36.8 Å². The first kappa shape index (κ1) is 29.6. The van der Waals surface area contributed by atoms with Gasteiger partial charge in [0.15, 0.2) is 17.5 Å². The van der Waals surface area contributed by atoms with E-state index in [4.69, 9.17) is 0 Å². The predicted molar refractivity (Wildman–Crippen MR) is 153 cm³/mol. The van der Waals surface area contributed by atoms with E-state index in [2.05, 4.69) is 39.3 Å². The Kier molecular flexibility index (Phi) is 8.33. The third-order valence-corrected chi connectivity index (χ3v) is 8.69. The van der Waals surface area contributed by atoms with Gasteiger partial charge in [-0.15, -0.1) is 0 Å². The summed E-state index contributed by atoms with van der Waals surface area (Å²) in [4.78, 5) is 15.5. The highest BCUT2D eigenvalue weighted by molar-refractivity contribution is 7.91. The second-order valence-corrected chi connectivity index (χ2v) is 12.5. The summed E-state index contributed by atoms with van der Waals surface area (Å²) in [6.07, 6.45) is 5.56. The molecule has 4 aromatic rings. The molecule has 0 bridgehead atoms. The SMILES string of the molecule is Cc1cc(-c2cc(F)c(NS(=O)(=O)Cc3ccc(F)cc3)c(F)c2F)nc2cnc(NC3CCC(N(C)C)CC3)nc12. The van der Waals surface area contributed by atoms with E-state index in [1.54, 1.807) is 11.6 Å². The van der Waals surface area contributed by atoms with Crippen LogP contribution >= 0.6 is 0 Å². The molecule has 2 heterocycles. The number of fused-ring (bicyclic) bond motifs is 1. The molecular formula is C29H30F4N6O2S. The van der Waals surface area contributed by atoms with Crippen LogP contribution in [0.3, 0.4) is 0 Å². The Hall–Kier alpha value is -3.84. The number of halogens is 4. The zero-order valence-corrected chi connectivity index (χ0v) is 24.1. The molecule has 0 unspecified atom stereocenters. The minimum absolute atomic E-state index is 0.0673. The molecule has 222 valence electrons. The maximum Gasteiger partial charge on any atom is 0.237 e. The van der Waals surface area contributed by atoms with Crippen LogP contribution in [-0.4, -0.2) is 54.4 Å². The minimum atomic E-state index is -4.36. The summed E-state index contributed by atoms with van der Waals surface area (Å²) in [6, 6.07) is 7.47. The molecule has 0 saturated heterocycles. The zero-order valence-electron chi connectivity index (χ0n) is 23.3. The first-order valence-corrected chi connectivity index (χ1v) is 15.1. The van der Waals surface area contributed by atoms with E-state index >= 15 is 13.2 Å². The molecule has 2 aromatic carbocycles. The number of benzene rings is 2. The number of aryl methyl sites for hydroxylation is 1. The van der Waals surface area contributed by atoms with Gasteiger partial charge in [0.2, 0.25) is 16.0 Å². The van der Waals surface area contributed by atoms with E-state index in [9.17, 15) is 12.8 Å². The number of anilines is 2. The highest BCUT2D eigenvalue weighted by Crippen LogP contribution is 2.33. The molecule has 1 fully saturated rings. The van der Waals surface area contributed by atoms with E-state index < -0.39 is 50.3 Å². The molecule has 0 amide bonds. The molecule has 1 aliphatic carbocycles. The molecule has 5 rings (SSSR count). The summed E-state index contributed by atoms with van der Waals surface area (Å²) in [6.45, 7) is 1.72. The van der Waals surface area contributed by atoms with Crippen molar-refractivity contribution in [2.45, 2.75) is 50.4 Å². The maximum absolute atomic E-state index is 15.2. The van der Waals surface area contributed by atoms with Crippen molar-refractivity contribution in [2.75, 3.05) is 24.1 Å². The predicted octanol–water partition coefficient (Wildman–Crippen LogP) is 5.78. The molecule has 0 radical (unpaired) electrons. The van der Waals surface area contributed by atoms with Gasteiger partial charge >= 0.3 is 0 Å². The molecule has 1 aliphatic rings. The van der Waals surface area contributed by atoms with Crippen molar-refractivity contribution in [3.05, 3.63) is 77.0 Å². The van der Waals surface area contributed by atoms with Crippen molar-refractivity contribution in [3.8, 4) is 11.3 Å². The summed E-state index contributed by atoms with van der Waals surface area (Å²) < 4.78 is 85.2. The van der Waals surface area contributed by atoms with Crippen molar-refractivity contribution in [3.63, 3.8) is 0 Å². The van der Waals surface area contributed by atoms with Gasteiger partial charge < -0.3 is 10.2 Å². The molecule has 1 saturated carbocycles. The summed E-state index contributed by atoms with van der Waals surface area (Å²) in [7, 11) is -0.195. The smallest absolute Gasteiger partial charge is 0.237 e. The lowest BCUT2D eigenvalue weighted by Gasteiger charge is -2.32. The molecular weight excluding hydrogens is 572 g/mol. The molecule has 8 nitrogen and oxygen atoms in total. The molecule has 13 heteroatoms. The van der Waals surface area contributed by atoms with Crippen LogP contribution in [0.4, 0.5) is 29.2 Å². The van der Waals surface area contributed by atoms with E-state index in [0.717, 1.165) is 37.8 Å². The summed E-state index contributed by atoms with van der Waals surface area (Å²) in [5.74, 6) is -5.35. The lowest BCUT2D eigenvalue weighted by Crippen LogP contribution is -2.36. The number of aromatic nitrogens is 3. The average Bonchev–Trinajstić information content (AvgIpc) is 2.95. The van der Waals surface area contributed by atoms with Crippen LogP contribution in [0.5, 0.6) is 0 Å². The van der Waals surface area contributed by atoms with E-state index in [1.165, 1.54) is 24.4 Å². The topological polar surface area (TPSA) is 100 Å². The Balaban J connectivity index is 1.37. The Bertz CT molecular complexity index is 1730. The van der Waals surface area contributed by atoms with Crippen LogP contribution in [0, 0.1) is 30.2 Å². The average molecular weight is 603 g/mol. The Labute approximate surface area is 241 Å².